The number of halogens is 2. The Morgan fingerprint density at radius 2 is 1.32 bits per heavy atom. The van der Waals surface area contributed by atoms with Gasteiger partial charge < -0.3 is 46.2 Å². The lowest BCUT2D eigenvalue weighted by atomic mass is 9.96. The third-order valence-electron chi connectivity index (χ3n) is 13.0. The van der Waals surface area contributed by atoms with E-state index in [0.29, 0.717) is 65.0 Å². The number of piperazine rings is 1. The third kappa shape index (κ3) is 16.3. The van der Waals surface area contributed by atoms with Crippen LogP contribution >= 0.6 is 23.2 Å². The molecule has 0 bridgehead atoms. The van der Waals surface area contributed by atoms with Crippen molar-refractivity contribution in [2.75, 3.05) is 122 Å². The summed E-state index contributed by atoms with van der Waals surface area (Å²) in [4.78, 5) is 22.2. The summed E-state index contributed by atoms with van der Waals surface area (Å²) in [6.07, 6.45) is 4.46. The minimum absolute atomic E-state index is 0.112. The quantitative estimate of drug-likeness (QED) is 0.0103. The highest BCUT2D eigenvalue weighted by Gasteiger charge is 2.27. The van der Waals surface area contributed by atoms with E-state index in [2.05, 4.69) is 87.0 Å². The molecular weight excluding hydrogens is 960 g/mol. The number of fused-ring (bicyclic) bond motifs is 3. The second-order valence-electron chi connectivity index (χ2n) is 18.6. The number of hydrazine groups is 1. The smallest absolute Gasteiger partial charge is 0.145 e. The van der Waals surface area contributed by atoms with E-state index in [1.165, 1.54) is 11.1 Å². The lowest BCUT2D eigenvalue weighted by Crippen LogP contribution is -2.47. The molecule has 7 aromatic rings. The minimum Gasteiger partial charge on any atom is -0.401 e. The topological polar surface area (TPSA) is 181 Å². The second kappa shape index (κ2) is 27.4. The lowest BCUT2D eigenvalue weighted by Gasteiger charge is -2.39. The van der Waals surface area contributed by atoms with Crippen LogP contribution in [0.3, 0.4) is 0 Å². The molecule has 0 saturated carbocycles. The third-order valence-corrected chi connectivity index (χ3v) is 13.5. The van der Waals surface area contributed by atoms with Gasteiger partial charge >= 0.3 is 0 Å². The molecule has 3 heterocycles. The van der Waals surface area contributed by atoms with E-state index in [1.54, 1.807) is 11.2 Å². The first-order valence-electron chi connectivity index (χ1n) is 25.3. The zero-order valence-corrected chi connectivity index (χ0v) is 43.4. The van der Waals surface area contributed by atoms with Crippen molar-refractivity contribution < 1.29 is 14.2 Å². The maximum absolute atomic E-state index is 6.34. The number of hydrogen-bond acceptors (Lipinski definition) is 15. The Morgan fingerprint density at radius 1 is 0.671 bits per heavy atom. The zero-order chi connectivity index (χ0) is 50.8. The van der Waals surface area contributed by atoms with Crippen molar-refractivity contribution in [1.29, 1.82) is 0 Å². The highest BCUT2D eigenvalue weighted by Crippen LogP contribution is 2.32. The van der Waals surface area contributed by atoms with Gasteiger partial charge in [-0.05, 0) is 117 Å². The maximum Gasteiger partial charge on any atom is 0.145 e. The number of pyridine rings is 1. The summed E-state index contributed by atoms with van der Waals surface area (Å²) in [5.41, 5.74) is 19.9. The van der Waals surface area contributed by atoms with Crippen LogP contribution in [0.25, 0.3) is 32.7 Å². The number of nitrogens with two attached hydrogens (primary N) is 3. The summed E-state index contributed by atoms with van der Waals surface area (Å²) in [7, 11) is 2.15. The summed E-state index contributed by atoms with van der Waals surface area (Å²) in [6.45, 7) is 11.2. The SMILES string of the molecule is CN(CCCNc1nc(CN2CCN(C(c3ccc(Cl)cc3)c3ccc(Cl)cc3)CC2)nc2ccccc12)CCC/C(N)=C/N(N)CCOCCOCCOCCNc1ccc2cc3ccc(N)cc3nc2c1. The number of para-hydroxylation sites is 1. The maximum atomic E-state index is 6.34. The van der Waals surface area contributed by atoms with E-state index in [-0.39, 0.29) is 6.04 Å². The number of hydrogen-bond donors (Lipinski definition) is 5. The largest absolute Gasteiger partial charge is 0.401 e. The Hall–Kier alpha value is -5.85. The highest BCUT2D eigenvalue weighted by molar-refractivity contribution is 6.30. The fourth-order valence-electron chi connectivity index (χ4n) is 9.11. The van der Waals surface area contributed by atoms with Crippen LogP contribution in [0.2, 0.25) is 10.0 Å². The summed E-state index contributed by atoms with van der Waals surface area (Å²) < 4.78 is 17.1. The number of nitrogen functional groups attached to an aromatic ring is 1. The first-order chi connectivity index (χ1) is 35.6. The summed E-state index contributed by atoms with van der Waals surface area (Å²) in [6, 6.07) is 38.8. The lowest BCUT2D eigenvalue weighted by molar-refractivity contribution is 0.0139. The molecule has 0 unspecified atom stereocenters. The average molecular weight is 1030 g/mol. The summed E-state index contributed by atoms with van der Waals surface area (Å²) in [5.74, 6) is 7.90. The molecule has 17 heteroatoms. The number of ether oxygens (including phenoxy) is 3. The van der Waals surface area contributed by atoms with Gasteiger partial charge in [-0.3, -0.25) is 9.80 Å². The van der Waals surface area contributed by atoms with Crippen LogP contribution in [-0.2, 0) is 20.8 Å². The van der Waals surface area contributed by atoms with Crippen LogP contribution in [0.1, 0.15) is 42.3 Å². The Balaban J connectivity index is 0.657. The number of nitrogens with zero attached hydrogens (tertiary/aromatic N) is 7. The number of allylic oxidation sites excluding steroid dienone is 1. The van der Waals surface area contributed by atoms with E-state index >= 15 is 0 Å². The van der Waals surface area contributed by atoms with Crippen LogP contribution < -0.4 is 27.9 Å². The van der Waals surface area contributed by atoms with E-state index in [9.17, 15) is 0 Å². The average Bonchev–Trinajstić information content (AvgIpc) is 3.39. The molecule has 386 valence electrons. The number of rotatable bonds is 28. The minimum atomic E-state index is 0.112. The molecular formula is C56H70Cl2N12O3. The Morgan fingerprint density at radius 3 is 2.04 bits per heavy atom. The molecule has 2 aromatic heterocycles. The molecule has 0 amide bonds. The number of aromatic nitrogens is 3. The van der Waals surface area contributed by atoms with Gasteiger partial charge in [-0.25, -0.2) is 20.8 Å². The van der Waals surface area contributed by atoms with Crippen molar-refractivity contribution in [3.63, 3.8) is 0 Å². The molecule has 0 spiro atoms. The van der Waals surface area contributed by atoms with Gasteiger partial charge in [0.25, 0.3) is 0 Å². The molecule has 1 aliphatic heterocycles. The Bertz CT molecular complexity index is 2810. The van der Waals surface area contributed by atoms with Gasteiger partial charge in [0.15, 0.2) is 0 Å². The Kier molecular flexibility index (Phi) is 20.1. The molecule has 0 atom stereocenters. The van der Waals surface area contributed by atoms with Crippen molar-refractivity contribution in [2.24, 2.45) is 11.6 Å². The Labute approximate surface area is 439 Å². The molecule has 1 aliphatic rings. The molecule has 5 aromatic carbocycles. The van der Waals surface area contributed by atoms with Crippen LogP contribution in [0, 0.1) is 0 Å². The fourth-order valence-corrected chi connectivity index (χ4v) is 9.36. The predicted molar refractivity (Wildman–Crippen MR) is 299 cm³/mol. The van der Waals surface area contributed by atoms with Crippen LogP contribution in [-0.4, -0.2) is 140 Å². The van der Waals surface area contributed by atoms with Gasteiger partial charge in [0.2, 0.25) is 0 Å². The van der Waals surface area contributed by atoms with Crippen LogP contribution in [0.15, 0.2) is 127 Å². The zero-order valence-electron chi connectivity index (χ0n) is 41.9. The number of benzene rings is 5. The van der Waals surface area contributed by atoms with Crippen molar-refractivity contribution in [3.05, 3.63) is 154 Å². The molecule has 8 rings (SSSR count). The summed E-state index contributed by atoms with van der Waals surface area (Å²) in [5, 5.41) is 13.3. The number of nitrogens with one attached hydrogen (secondary N) is 2. The van der Waals surface area contributed by atoms with Crippen LogP contribution in [0.4, 0.5) is 17.2 Å². The molecule has 0 radical (unpaired) electrons. The predicted octanol–water partition coefficient (Wildman–Crippen LogP) is 8.78. The molecule has 8 N–H and O–H groups in total. The van der Waals surface area contributed by atoms with E-state index in [1.807, 2.05) is 60.7 Å². The molecule has 15 nitrogen and oxygen atoms in total. The van der Waals surface area contributed by atoms with Gasteiger partial charge in [0.05, 0.1) is 75.3 Å². The van der Waals surface area contributed by atoms with Gasteiger partial charge in [-0.2, -0.15) is 0 Å². The van der Waals surface area contributed by atoms with Gasteiger partial charge in [-0.1, -0.05) is 71.7 Å². The van der Waals surface area contributed by atoms with Crippen molar-refractivity contribution in [1.82, 2.24) is 34.7 Å². The standard InChI is InChI=1S/C56H70Cl2N12O3/c1-67(23-4-6-48(60)39-70(61)29-31-72-33-35-73-34-32-71-30-22-62-49-20-14-44-36-43-13-19-47(59)37-52(43)64-53(44)38-49)24-5-21-63-56-50-7-2-3-8-51(50)65-54(66-56)40-68-25-27-69(28-26-68)55(41-9-15-45(57)16-10-41)42-11-17-46(58)18-12-42/h2-3,7-20,36-39,55,62H,4-6,21-35,40,59-61H2,1H3,(H,63,65,66)/b48-39-. The molecule has 1 saturated heterocycles. The van der Waals surface area contributed by atoms with E-state index in [4.69, 9.17) is 69.7 Å². The summed E-state index contributed by atoms with van der Waals surface area (Å²) >= 11 is 12.5. The van der Waals surface area contributed by atoms with Gasteiger partial charge in [0.1, 0.15) is 11.6 Å². The fraction of sp³-hybridized carbons (Fsp3) is 0.375. The normalized spacial score (nSPS) is 13.8. The van der Waals surface area contributed by atoms with Crippen molar-refractivity contribution in [2.45, 2.75) is 31.8 Å². The van der Waals surface area contributed by atoms with Gasteiger partial charge in [0, 0.05) is 88.7 Å². The van der Waals surface area contributed by atoms with Gasteiger partial charge in [-0.15, -0.1) is 0 Å². The second-order valence-corrected chi connectivity index (χ2v) is 19.4. The molecule has 0 aliphatic carbocycles. The van der Waals surface area contributed by atoms with E-state index < -0.39 is 0 Å². The first-order valence-corrected chi connectivity index (χ1v) is 26.1. The van der Waals surface area contributed by atoms with E-state index in [0.717, 1.165) is 131 Å². The molecule has 1 fully saturated rings. The van der Waals surface area contributed by atoms with Crippen molar-refractivity contribution in [3.8, 4) is 0 Å². The van der Waals surface area contributed by atoms with Crippen LogP contribution in [0.5, 0.6) is 0 Å². The highest BCUT2D eigenvalue weighted by atomic mass is 35.5. The monoisotopic (exact) mass is 1030 g/mol. The van der Waals surface area contributed by atoms with Crippen molar-refractivity contribution >= 4 is 73.1 Å². The number of anilines is 3. The molecule has 73 heavy (non-hydrogen) atoms. The first kappa shape index (κ1) is 53.4.